The standard InChI is InChI=1S/C9H24N2.2ClH/c1-9(11(5,6)7)8-10(2,3)4;;/h9H,8H2,1-7H3;2*1H/q+2;;/p-2. The van der Waals surface area contributed by atoms with Crippen molar-refractivity contribution in [3.05, 3.63) is 0 Å². The molecule has 0 aromatic rings. The summed E-state index contributed by atoms with van der Waals surface area (Å²) in [6, 6.07) is 0.718. The largest absolute Gasteiger partial charge is 1.00 e. The molecule has 0 amide bonds. The van der Waals surface area contributed by atoms with Crippen molar-refractivity contribution >= 4 is 0 Å². The van der Waals surface area contributed by atoms with Crippen LogP contribution in [-0.4, -0.2) is 63.8 Å². The molecule has 2 nitrogen and oxygen atoms in total. The Kier molecular flexibility index (Phi) is 8.94. The first-order valence-corrected chi connectivity index (χ1v) is 4.24. The van der Waals surface area contributed by atoms with Gasteiger partial charge in [0.15, 0.2) is 0 Å². The number of hydrogen-bond acceptors (Lipinski definition) is 0. The molecule has 1 atom stereocenters. The van der Waals surface area contributed by atoms with Crippen molar-refractivity contribution in [1.82, 2.24) is 0 Å². The van der Waals surface area contributed by atoms with Gasteiger partial charge in [0.1, 0.15) is 12.6 Å². The highest BCUT2D eigenvalue weighted by Gasteiger charge is 2.24. The summed E-state index contributed by atoms with van der Waals surface area (Å²) in [5.74, 6) is 0. The van der Waals surface area contributed by atoms with E-state index in [1.54, 1.807) is 0 Å². The van der Waals surface area contributed by atoms with Crippen LogP contribution in [0.15, 0.2) is 0 Å². The van der Waals surface area contributed by atoms with Gasteiger partial charge < -0.3 is 33.8 Å². The van der Waals surface area contributed by atoms with Crippen LogP contribution in [0.5, 0.6) is 0 Å². The van der Waals surface area contributed by atoms with E-state index in [1.165, 1.54) is 6.54 Å². The maximum Gasteiger partial charge on any atom is 0.135 e. The third-order valence-electron chi connectivity index (χ3n) is 2.13. The molecule has 0 heterocycles. The first kappa shape index (κ1) is 19.1. The van der Waals surface area contributed by atoms with Crippen LogP contribution >= 0.6 is 0 Å². The average molecular weight is 231 g/mol. The van der Waals surface area contributed by atoms with Crippen LogP contribution in [0.2, 0.25) is 0 Å². The second kappa shape index (κ2) is 6.07. The van der Waals surface area contributed by atoms with Gasteiger partial charge in [-0.3, -0.25) is 0 Å². The number of halogens is 2. The van der Waals surface area contributed by atoms with Crippen molar-refractivity contribution in [2.45, 2.75) is 13.0 Å². The van der Waals surface area contributed by atoms with Crippen molar-refractivity contribution in [3.8, 4) is 0 Å². The lowest BCUT2D eigenvalue weighted by Crippen LogP contribution is -3.00. The minimum absolute atomic E-state index is 0. The molecule has 0 aliphatic heterocycles. The fourth-order valence-electron chi connectivity index (χ4n) is 1.04. The zero-order valence-electron chi connectivity index (χ0n) is 9.93. The molecular weight excluding hydrogens is 207 g/mol. The molecular formula is C9H24Cl2N2. The number of nitrogens with zero attached hydrogens (tertiary/aromatic N) is 2. The van der Waals surface area contributed by atoms with Gasteiger partial charge in [0.25, 0.3) is 0 Å². The SMILES string of the molecule is CC(C[N+](C)(C)C)[N+](C)(C)C.[Cl-].[Cl-]. The summed E-state index contributed by atoms with van der Waals surface area (Å²) in [5, 5.41) is 0. The van der Waals surface area contributed by atoms with E-state index in [1.807, 2.05) is 0 Å². The summed E-state index contributed by atoms with van der Waals surface area (Å²) in [5.41, 5.74) is 0. The first-order valence-electron chi connectivity index (χ1n) is 4.24. The highest BCUT2D eigenvalue weighted by molar-refractivity contribution is 4.45. The van der Waals surface area contributed by atoms with Crippen LogP contribution in [-0.2, 0) is 0 Å². The van der Waals surface area contributed by atoms with Crippen LogP contribution in [0.4, 0.5) is 0 Å². The minimum atomic E-state index is 0. The van der Waals surface area contributed by atoms with Crippen molar-refractivity contribution < 1.29 is 33.8 Å². The van der Waals surface area contributed by atoms with Crippen LogP contribution in [0, 0.1) is 0 Å². The number of likely N-dealkylation sites (N-methyl/N-ethyl adjacent to an activating group) is 2. The van der Waals surface area contributed by atoms with Crippen LogP contribution in [0.1, 0.15) is 6.92 Å². The fourth-order valence-corrected chi connectivity index (χ4v) is 1.04. The molecule has 13 heavy (non-hydrogen) atoms. The maximum absolute atomic E-state index is 2.31. The van der Waals surface area contributed by atoms with Gasteiger partial charge in [-0.1, -0.05) is 0 Å². The fraction of sp³-hybridized carbons (Fsp3) is 1.00. The third-order valence-corrected chi connectivity index (χ3v) is 2.13. The predicted octanol–water partition coefficient (Wildman–Crippen LogP) is -5.20. The van der Waals surface area contributed by atoms with E-state index in [2.05, 4.69) is 49.2 Å². The van der Waals surface area contributed by atoms with Gasteiger partial charge in [0.05, 0.1) is 42.3 Å². The molecule has 0 aliphatic rings. The Morgan fingerprint density at radius 1 is 0.846 bits per heavy atom. The van der Waals surface area contributed by atoms with Gasteiger partial charge in [-0.25, -0.2) is 0 Å². The molecule has 4 heteroatoms. The summed E-state index contributed by atoms with van der Waals surface area (Å²) < 4.78 is 2.10. The van der Waals surface area contributed by atoms with E-state index >= 15 is 0 Å². The monoisotopic (exact) mass is 230 g/mol. The van der Waals surface area contributed by atoms with Gasteiger partial charge in [-0.15, -0.1) is 0 Å². The van der Waals surface area contributed by atoms with Crippen LogP contribution < -0.4 is 24.8 Å². The second-order valence-corrected chi connectivity index (χ2v) is 5.44. The van der Waals surface area contributed by atoms with E-state index < -0.39 is 0 Å². The Morgan fingerprint density at radius 2 is 1.15 bits per heavy atom. The quantitative estimate of drug-likeness (QED) is 0.426. The van der Waals surface area contributed by atoms with Gasteiger partial charge >= 0.3 is 0 Å². The van der Waals surface area contributed by atoms with Crippen molar-refractivity contribution in [2.75, 3.05) is 48.8 Å². The predicted molar refractivity (Wildman–Crippen MR) is 50.4 cm³/mol. The van der Waals surface area contributed by atoms with Gasteiger partial charge in [0, 0.05) is 0 Å². The lowest BCUT2D eigenvalue weighted by Gasteiger charge is -2.36. The number of quaternary nitrogens is 2. The molecule has 0 bridgehead atoms. The summed E-state index contributed by atoms with van der Waals surface area (Å²) >= 11 is 0. The van der Waals surface area contributed by atoms with Crippen molar-refractivity contribution in [2.24, 2.45) is 0 Å². The molecule has 0 aromatic heterocycles. The minimum Gasteiger partial charge on any atom is -1.00 e. The molecule has 0 spiro atoms. The Hall–Kier alpha value is 0.500. The molecule has 0 aliphatic carbocycles. The van der Waals surface area contributed by atoms with E-state index in [0.717, 1.165) is 15.0 Å². The molecule has 0 radical (unpaired) electrons. The molecule has 0 rings (SSSR count). The van der Waals surface area contributed by atoms with Gasteiger partial charge in [-0.05, 0) is 6.92 Å². The summed E-state index contributed by atoms with van der Waals surface area (Å²) in [7, 11) is 13.5. The Morgan fingerprint density at radius 3 is 1.23 bits per heavy atom. The Labute approximate surface area is 95.9 Å². The lowest BCUT2D eigenvalue weighted by atomic mass is 10.2. The molecule has 0 saturated carbocycles. The summed E-state index contributed by atoms with van der Waals surface area (Å²) in [6.07, 6.45) is 0. The van der Waals surface area contributed by atoms with E-state index in [0.29, 0.717) is 0 Å². The number of rotatable bonds is 3. The number of hydrogen-bond donors (Lipinski definition) is 0. The molecule has 1 unspecified atom stereocenters. The Balaban J connectivity index is -0.000000500. The zero-order chi connectivity index (χ0) is 9.28. The Bertz CT molecular complexity index is 125. The van der Waals surface area contributed by atoms with Crippen LogP contribution in [0.3, 0.4) is 0 Å². The van der Waals surface area contributed by atoms with Gasteiger partial charge in [0.2, 0.25) is 0 Å². The second-order valence-electron chi connectivity index (χ2n) is 5.44. The lowest BCUT2D eigenvalue weighted by molar-refractivity contribution is -0.945. The summed E-state index contributed by atoms with van der Waals surface area (Å²) in [6.45, 7) is 3.53. The average Bonchev–Trinajstić information content (AvgIpc) is 1.56. The maximum atomic E-state index is 2.31. The third kappa shape index (κ3) is 10.4. The smallest absolute Gasteiger partial charge is 0.135 e. The summed E-state index contributed by atoms with van der Waals surface area (Å²) in [4.78, 5) is 0. The molecule has 0 N–H and O–H groups in total. The van der Waals surface area contributed by atoms with Crippen LogP contribution in [0.25, 0.3) is 0 Å². The molecule has 84 valence electrons. The molecule has 0 fully saturated rings. The molecule has 0 aromatic carbocycles. The van der Waals surface area contributed by atoms with Crippen molar-refractivity contribution in [3.63, 3.8) is 0 Å². The highest BCUT2D eigenvalue weighted by Crippen LogP contribution is 2.05. The van der Waals surface area contributed by atoms with Gasteiger partial charge in [-0.2, -0.15) is 0 Å². The normalized spacial score (nSPS) is 14.1. The molecule has 0 saturated heterocycles. The van der Waals surface area contributed by atoms with Crippen molar-refractivity contribution in [1.29, 1.82) is 0 Å². The highest BCUT2D eigenvalue weighted by atomic mass is 35.5. The van der Waals surface area contributed by atoms with E-state index in [-0.39, 0.29) is 24.8 Å². The zero-order valence-corrected chi connectivity index (χ0v) is 11.4. The first-order chi connectivity index (χ1) is 4.63. The van der Waals surface area contributed by atoms with E-state index in [4.69, 9.17) is 0 Å². The van der Waals surface area contributed by atoms with E-state index in [9.17, 15) is 0 Å². The topological polar surface area (TPSA) is 0 Å².